The molecule has 0 aliphatic heterocycles. The van der Waals surface area contributed by atoms with Gasteiger partial charge in [0.2, 0.25) is 0 Å². The minimum Gasteiger partial charge on any atom is -0.161 e. The van der Waals surface area contributed by atoms with E-state index in [-0.39, 0.29) is 5.41 Å². The van der Waals surface area contributed by atoms with Crippen molar-refractivity contribution in [3.05, 3.63) is 34.3 Å². The average Bonchev–Trinajstić information content (AvgIpc) is 2.16. The normalized spacial score (nSPS) is 14.1. The van der Waals surface area contributed by atoms with E-state index < -0.39 is 0 Å². The van der Waals surface area contributed by atoms with Gasteiger partial charge in [-0.25, -0.2) is 0 Å². The molecule has 0 aromatic heterocycles. The molecule has 1 atom stereocenters. The van der Waals surface area contributed by atoms with Crippen molar-refractivity contribution in [2.75, 3.05) is 6.26 Å². The monoisotopic (exact) mass is 272 g/mol. The highest BCUT2D eigenvalue weighted by molar-refractivity contribution is 9.10. The molecule has 1 aromatic rings. The lowest BCUT2D eigenvalue weighted by molar-refractivity contribution is 0.521. The SMILES string of the molecule is CSC(C)C(C)(C)c1cccc(Br)c1. The van der Waals surface area contributed by atoms with Gasteiger partial charge in [0, 0.05) is 15.1 Å². The zero-order chi connectivity index (χ0) is 10.8. The molecule has 2 heteroatoms. The van der Waals surface area contributed by atoms with Crippen LogP contribution >= 0.6 is 27.7 Å². The third-order valence-electron chi connectivity index (χ3n) is 2.94. The van der Waals surface area contributed by atoms with Gasteiger partial charge < -0.3 is 0 Å². The van der Waals surface area contributed by atoms with Gasteiger partial charge in [0.25, 0.3) is 0 Å². The van der Waals surface area contributed by atoms with Gasteiger partial charge >= 0.3 is 0 Å². The van der Waals surface area contributed by atoms with E-state index in [1.165, 1.54) is 5.56 Å². The number of halogens is 1. The Labute approximate surface area is 99.6 Å². The van der Waals surface area contributed by atoms with E-state index in [1.54, 1.807) is 0 Å². The third-order valence-corrected chi connectivity index (χ3v) is 4.73. The van der Waals surface area contributed by atoms with Gasteiger partial charge in [-0.15, -0.1) is 0 Å². The molecular weight excluding hydrogens is 256 g/mol. The summed E-state index contributed by atoms with van der Waals surface area (Å²) in [6, 6.07) is 8.60. The topological polar surface area (TPSA) is 0 Å². The van der Waals surface area contributed by atoms with Crippen LogP contribution < -0.4 is 0 Å². The van der Waals surface area contributed by atoms with E-state index >= 15 is 0 Å². The molecule has 0 fully saturated rings. The van der Waals surface area contributed by atoms with Crippen molar-refractivity contribution in [3.63, 3.8) is 0 Å². The Morgan fingerprint density at radius 3 is 2.50 bits per heavy atom. The smallest absolute Gasteiger partial charge is 0.0178 e. The maximum absolute atomic E-state index is 3.52. The highest BCUT2D eigenvalue weighted by Gasteiger charge is 2.27. The summed E-state index contributed by atoms with van der Waals surface area (Å²) in [7, 11) is 0. The maximum Gasteiger partial charge on any atom is 0.0178 e. The highest BCUT2D eigenvalue weighted by atomic mass is 79.9. The highest BCUT2D eigenvalue weighted by Crippen LogP contribution is 2.34. The van der Waals surface area contributed by atoms with Crippen LogP contribution in [0.4, 0.5) is 0 Å². The molecule has 1 rings (SSSR count). The van der Waals surface area contributed by atoms with Gasteiger partial charge in [-0.3, -0.25) is 0 Å². The summed E-state index contributed by atoms with van der Waals surface area (Å²) < 4.78 is 1.16. The summed E-state index contributed by atoms with van der Waals surface area (Å²) in [5.74, 6) is 0. The summed E-state index contributed by atoms with van der Waals surface area (Å²) in [6.07, 6.45) is 2.17. The van der Waals surface area contributed by atoms with Crippen molar-refractivity contribution in [1.29, 1.82) is 0 Å². The van der Waals surface area contributed by atoms with Crippen LogP contribution in [-0.4, -0.2) is 11.5 Å². The van der Waals surface area contributed by atoms with Gasteiger partial charge in [0.15, 0.2) is 0 Å². The lowest BCUT2D eigenvalue weighted by Crippen LogP contribution is -2.28. The Balaban J connectivity index is 3.03. The van der Waals surface area contributed by atoms with Crippen LogP contribution in [0.5, 0.6) is 0 Å². The Bertz CT molecular complexity index is 307. The average molecular weight is 273 g/mol. The molecule has 0 heterocycles. The minimum atomic E-state index is 0.225. The molecule has 0 bridgehead atoms. The quantitative estimate of drug-likeness (QED) is 0.782. The van der Waals surface area contributed by atoms with Crippen LogP contribution in [0.25, 0.3) is 0 Å². The van der Waals surface area contributed by atoms with E-state index in [2.05, 4.69) is 67.2 Å². The number of thioether (sulfide) groups is 1. The number of rotatable bonds is 3. The molecule has 0 saturated carbocycles. The van der Waals surface area contributed by atoms with Crippen molar-refractivity contribution in [2.24, 2.45) is 0 Å². The van der Waals surface area contributed by atoms with Crippen molar-refractivity contribution < 1.29 is 0 Å². The molecule has 0 aliphatic carbocycles. The first-order valence-corrected chi connectivity index (χ1v) is 6.85. The third kappa shape index (κ3) is 2.54. The van der Waals surface area contributed by atoms with Gasteiger partial charge in [-0.05, 0) is 24.0 Å². The van der Waals surface area contributed by atoms with E-state index in [0.717, 1.165) is 4.47 Å². The van der Waals surface area contributed by atoms with Crippen LogP contribution in [0.2, 0.25) is 0 Å². The first-order valence-electron chi connectivity index (χ1n) is 4.77. The fraction of sp³-hybridized carbons (Fsp3) is 0.500. The van der Waals surface area contributed by atoms with Gasteiger partial charge in [-0.2, -0.15) is 11.8 Å². The number of hydrogen-bond acceptors (Lipinski definition) is 1. The Hall–Kier alpha value is 0.0500. The lowest BCUT2D eigenvalue weighted by atomic mass is 9.82. The zero-order valence-corrected chi connectivity index (χ0v) is 11.6. The number of benzene rings is 1. The molecule has 0 saturated heterocycles. The van der Waals surface area contributed by atoms with Gasteiger partial charge in [0.05, 0.1) is 0 Å². The van der Waals surface area contributed by atoms with Gasteiger partial charge in [0.1, 0.15) is 0 Å². The molecule has 0 radical (unpaired) electrons. The largest absolute Gasteiger partial charge is 0.161 e. The molecular formula is C12H17BrS. The van der Waals surface area contributed by atoms with Crippen LogP contribution in [0.1, 0.15) is 26.3 Å². The number of hydrogen-bond donors (Lipinski definition) is 0. The molecule has 78 valence electrons. The molecule has 14 heavy (non-hydrogen) atoms. The molecule has 0 spiro atoms. The maximum atomic E-state index is 3.52. The van der Waals surface area contributed by atoms with Crippen LogP contribution in [-0.2, 0) is 5.41 Å². The zero-order valence-electron chi connectivity index (χ0n) is 9.17. The summed E-state index contributed by atoms with van der Waals surface area (Å²) >= 11 is 5.44. The van der Waals surface area contributed by atoms with E-state index in [4.69, 9.17) is 0 Å². The fourth-order valence-electron chi connectivity index (χ4n) is 1.42. The second-order valence-corrected chi connectivity index (χ2v) is 6.20. The van der Waals surface area contributed by atoms with E-state index in [0.29, 0.717) is 5.25 Å². The van der Waals surface area contributed by atoms with E-state index in [9.17, 15) is 0 Å². The minimum absolute atomic E-state index is 0.225. The predicted octanol–water partition coefficient (Wildman–Crippen LogP) is 4.48. The van der Waals surface area contributed by atoms with Crippen LogP contribution in [0.15, 0.2) is 28.7 Å². The van der Waals surface area contributed by atoms with Crippen LogP contribution in [0, 0.1) is 0 Å². The van der Waals surface area contributed by atoms with E-state index in [1.807, 2.05) is 11.8 Å². The predicted molar refractivity (Wildman–Crippen MR) is 70.1 cm³/mol. The van der Waals surface area contributed by atoms with Crippen molar-refractivity contribution >= 4 is 27.7 Å². The summed E-state index contributed by atoms with van der Waals surface area (Å²) in [5.41, 5.74) is 1.62. The molecule has 1 unspecified atom stereocenters. The summed E-state index contributed by atoms with van der Waals surface area (Å²) in [5, 5.41) is 0.622. The standard InChI is InChI=1S/C12H17BrS/c1-9(14-4)12(2,3)10-6-5-7-11(13)8-10/h5-9H,1-4H3. The summed E-state index contributed by atoms with van der Waals surface area (Å²) in [6.45, 7) is 6.89. The Kier molecular flexibility index (Phi) is 4.08. The van der Waals surface area contributed by atoms with Crippen molar-refractivity contribution in [3.8, 4) is 0 Å². The van der Waals surface area contributed by atoms with Crippen molar-refractivity contribution in [2.45, 2.75) is 31.4 Å². The van der Waals surface area contributed by atoms with Crippen LogP contribution in [0.3, 0.4) is 0 Å². The molecule has 0 N–H and O–H groups in total. The fourth-order valence-corrected chi connectivity index (χ4v) is 2.54. The molecule has 0 amide bonds. The molecule has 0 aliphatic rings. The Morgan fingerprint density at radius 1 is 1.36 bits per heavy atom. The lowest BCUT2D eigenvalue weighted by Gasteiger charge is -2.31. The second kappa shape index (κ2) is 4.71. The Morgan fingerprint density at radius 2 is 2.00 bits per heavy atom. The molecule has 1 aromatic carbocycles. The van der Waals surface area contributed by atoms with Crippen molar-refractivity contribution in [1.82, 2.24) is 0 Å². The molecule has 0 nitrogen and oxygen atoms in total. The first kappa shape index (κ1) is 12.1. The first-order chi connectivity index (χ1) is 6.48. The summed E-state index contributed by atoms with van der Waals surface area (Å²) in [4.78, 5) is 0. The second-order valence-electron chi connectivity index (χ2n) is 4.11. The van der Waals surface area contributed by atoms with Gasteiger partial charge in [-0.1, -0.05) is 48.8 Å².